The number of hydrogen-bond donors (Lipinski definition) is 4. The molecular formula is C21H25N5O4. The quantitative estimate of drug-likeness (QED) is 0.478. The third kappa shape index (κ3) is 3.24. The van der Waals surface area contributed by atoms with Gasteiger partial charge in [-0.15, -0.1) is 0 Å². The SMILES string of the molecule is Cc1ccccc1C(Nc1ncnc2c1ncn2[C@@H]1O[C@H](CO)[C@@H](O)[C@H]1O)C1CC1. The Bertz CT molecular complexity index is 1050. The number of aryl methyl sites for hydroxylation is 1. The van der Waals surface area contributed by atoms with E-state index in [0.717, 1.165) is 12.8 Å². The molecule has 2 aromatic heterocycles. The van der Waals surface area contributed by atoms with Crippen molar-refractivity contribution >= 4 is 17.0 Å². The third-order valence-corrected chi connectivity index (χ3v) is 6.06. The molecule has 0 radical (unpaired) electrons. The van der Waals surface area contributed by atoms with Gasteiger partial charge in [0.25, 0.3) is 0 Å². The minimum absolute atomic E-state index is 0.128. The predicted molar refractivity (Wildman–Crippen MR) is 109 cm³/mol. The fourth-order valence-corrected chi connectivity index (χ4v) is 4.22. The molecular weight excluding hydrogens is 386 g/mol. The molecule has 9 nitrogen and oxygen atoms in total. The summed E-state index contributed by atoms with van der Waals surface area (Å²) in [6.07, 6.45) is 1.17. The molecule has 5 atom stereocenters. The second kappa shape index (κ2) is 7.59. The zero-order chi connectivity index (χ0) is 20.8. The summed E-state index contributed by atoms with van der Waals surface area (Å²) in [5.41, 5.74) is 3.52. The molecule has 1 saturated heterocycles. The number of benzene rings is 1. The highest BCUT2D eigenvalue weighted by atomic mass is 16.6. The molecule has 1 aliphatic carbocycles. The van der Waals surface area contributed by atoms with Crippen LogP contribution in [-0.4, -0.2) is 59.8 Å². The number of rotatable bonds is 6. The van der Waals surface area contributed by atoms with E-state index in [1.54, 1.807) is 4.57 Å². The van der Waals surface area contributed by atoms with Crippen molar-refractivity contribution < 1.29 is 20.1 Å². The van der Waals surface area contributed by atoms with Gasteiger partial charge in [-0.2, -0.15) is 0 Å². The maximum Gasteiger partial charge on any atom is 0.167 e. The molecule has 30 heavy (non-hydrogen) atoms. The Hall–Kier alpha value is -2.59. The van der Waals surface area contributed by atoms with E-state index in [2.05, 4.69) is 39.3 Å². The first-order valence-electron chi connectivity index (χ1n) is 10.2. The Labute approximate surface area is 173 Å². The second-order valence-corrected chi connectivity index (χ2v) is 8.09. The smallest absolute Gasteiger partial charge is 0.167 e. The highest BCUT2D eigenvalue weighted by molar-refractivity contribution is 5.83. The van der Waals surface area contributed by atoms with Gasteiger partial charge in [-0.25, -0.2) is 15.0 Å². The van der Waals surface area contributed by atoms with Crippen molar-refractivity contribution in [2.24, 2.45) is 5.92 Å². The lowest BCUT2D eigenvalue weighted by molar-refractivity contribution is -0.0511. The normalized spacial score (nSPS) is 27.5. The average molecular weight is 411 g/mol. The lowest BCUT2D eigenvalue weighted by Crippen LogP contribution is -2.33. The van der Waals surface area contributed by atoms with Gasteiger partial charge in [0.1, 0.15) is 24.6 Å². The second-order valence-electron chi connectivity index (χ2n) is 8.09. The first kappa shape index (κ1) is 19.4. The van der Waals surface area contributed by atoms with Gasteiger partial charge in [-0.3, -0.25) is 4.57 Å². The standard InChI is InChI=1S/C21H25N5O4/c1-11-4-2-3-5-13(11)15(12-6-7-12)25-19-16-20(23-9-22-19)26(10-24-16)21-18(29)17(28)14(8-27)30-21/h2-5,9-10,12,14-15,17-18,21,27-29H,6-8H2,1H3,(H,22,23,25)/t14-,15?,17-,18-,21-/m1/s1. The molecule has 1 aliphatic heterocycles. The summed E-state index contributed by atoms with van der Waals surface area (Å²) < 4.78 is 7.21. The highest BCUT2D eigenvalue weighted by Crippen LogP contribution is 2.44. The lowest BCUT2D eigenvalue weighted by atomic mass is 9.97. The Morgan fingerprint density at radius 2 is 1.97 bits per heavy atom. The number of fused-ring (bicyclic) bond motifs is 1. The summed E-state index contributed by atoms with van der Waals surface area (Å²) in [6, 6.07) is 8.46. The third-order valence-electron chi connectivity index (χ3n) is 6.06. The number of imidazole rings is 1. The van der Waals surface area contributed by atoms with Crippen LogP contribution in [0.25, 0.3) is 11.2 Å². The Kier molecular flexibility index (Phi) is 4.90. The number of ether oxygens (including phenoxy) is 1. The molecule has 3 heterocycles. The van der Waals surface area contributed by atoms with Crippen LogP contribution in [0, 0.1) is 12.8 Å². The molecule has 4 N–H and O–H groups in total. The van der Waals surface area contributed by atoms with Crippen molar-refractivity contribution in [3.05, 3.63) is 48.0 Å². The van der Waals surface area contributed by atoms with Crippen LogP contribution >= 0.6 is 0 Å². The molecule has 5 rings (SSSR count). The predicted octanol–water partition coefficient (Wildman–Crippen LogP) is 1.31. The molecule has 0 amide bonds. The zero-order valence-corrected chi connectivity index (χ0v) is 16.6. The lowest BCUT2D eigenvalue weighted by Gasteiger charge is -2.21. The fourth-order valence-electron chi connectivity index (χ4n) is 4.22. The zero-order valence-electron chi connectivity index (χ0n) is 16.6. The van der Waals surface area contributed by atoms with Crippen LogP contribution < -0.4 is 5.32 Å². The van der Waals surface area contributed by atoms with E-state index in [1.807, 2.05) is 12.1 Å². The molecule has 1 aromatic carbocycles. The van der Waals surface area contributed by atoms with Gasteiger partial charge in [0.2, 0.25) is 0 Å². The maximum atomic E-state index is 10.4. The van der Waals surface area contributed by atoms with E-state index >= 15 is 0 Å². The Balaban J connectivity index is 1.49. The summed E-state index contributed by atoms with van der Waals surface area (Å²) in [7, 11) is 0. The number of nitrogens with zero attached hydrogens (tertiary/aromatic N) is 4. The minimum atomic E-state index is -1.20. The van der Waals surface area contributed by atoms with Crippen LogP contribution in [0.4, 0.5) is 5.82 Å². The largest absolute Gasteiger partial charge is 0.394 e. The molecule has 0 bridgehead atoms. The number of hydrogen-bond acceptors (Lipinski definition) is 8. The van der Waals surface area contributed by atoms with E-state index in [4.69, 9.17) is 4.74 Å². The van der Waals surface area contributed by atoms with Crippen LogP contribution in [0.2, 0.25) is 0 Å². The average Bonchev–Trinajstić information content (AvgIpc) is 3.45. The molecule has 9 heteroatoms. The highest BCUT2D eigenvalue weighted by Gasteiger charge is 2.44. The first-order chi connectivity index (χ1) is 14.6. The molecule has 2 aliphatic rings. The van der Waals surface area contributed by atoms with E-state index in [1.165, 1.54) is 23.8 Å². The van der Waals surface area contributed by atoms with Gasteiger partial charge in [0, 0.05) is 0 Å². The molecule has 3 aromatic rings. The molecule has 158 valence electrons. The van der Waals surface area contributed by atoms with Gasteiger partial charge in [-0.05, 0) is 36.8 Å². The van der Waals surface area contributed by atoms with E-state index in [9.17, 15) is 15.3 Å². The van der Waals surface area contributed by atoms with Gasteiger partial charge in [-0.1, -0.05) is 24.3 Å². The van der Waals surface area contributed by atoms with Crippen LogP contribution in [-0.2, 0) is 4.74 Å². The van der Waals surface area contributed by atoms with Crippen LogP contribution in [0.3, 0.4) is 0 Å². The van der Waals surface area contributed by atoms with Gasteiger partial charge in [0.05, 0.1) is 19.0 Å². The van der Waals surface area contributed by atoms with E-state index in [0.29, 0.717) is 22.9 Å². The van der Waals surface area contributed by atoms with Crippen LogP contribution in [0.1, 0.15) is 36.2 Å². The molecule has 0 spiro atoms. The molecule has 1 saturated carbocycles. The van der Waals surface area contributed by atoms with Gasteiger partial charge >= 0.3 is 0 Å². The van der Waals surface area contributed by atoms with Crippen LogP contribution in [0.5, 0.6) is 0 Å². The summed E-state index contributed by atoms with van der Waals surface area (Å²) in [4.78, 5) is 13.2. The van der Waals surface area contributed by atoms with E-state index in [-0.39, 0.29) is 12.6 Å². The van der Waals surface area contributed by atoms with Crippen molar-refractivity contribution in [1.82, 2.24) is 19.5 Å². The van der Waals surface area contributed by atoms with Crippen molar-refractivity contribution in [2.45, 2.75) is 50.3 Å². The van der Waals surface area contributed by atoms with Gasteiger partial charge < -0.3 is 25.4 Å². The molecule has 1 unspecified atom stereocenters. The number of aromatic nitrogens is 4. The van der Waals surface area contributed by atoms with Crippen LogP contribution in [0.15, 0.2) is 36.9 Å². The summed E-state index contributed by atoms with van der Waals surface area (Å²) in [5, 5.41) is 33.4. The summed E-state index contributed by atoms with van der Waals surface area (Å²) in [6.45, 7) is 1.72. The first-order valence-corrected chi connectivity index (χ1v) is 10.2. The number of aliphatic hydroxyl groups excluding tert-OH is 3. The van der Waals surface area contributed by atoms with E-state index < -0.39 is 24.5 Å². The van der Waals surface area contributed by atoms with Crippen molar-refractivity contribution in [3.63, 3.8) is 0 Å². The van der Waals surface area contributed by atoms with Crippen molar-refractivity contribution in [3.8, 4) is 0 Å². The maximum absolute atomic E-state index is 10.4. The summed E-state index contributed by atoms with van der Waals surface area (Å²) >= 11 is 0. The Morgan fingerprint density at radius 3 is 2.67 bits per heavy atom. The fraction of sp³-hybridized carbons (Fsp3) is 0.476. The van der Waals surface area contributed by atoms with Gasteiger partial charge in [0.15, 0.2) is 23.2 Å². The van der Waals surface area contributed by atoms with Crippen molar-refractivity contribution in [2.75, 3.05) is 11.9 Å². The monoisotopic (exact) mass is 411 g/mol. The number of aliphatic hydroxyl groups is 3. The minimum Gasteiger partial charge on any atom is -0.394 e. The number of anilines is 1. The Morgan fingerprint density at radius 1 is 1.17 bits per heavy atom. The molecule has 2 fully saturated rings. The van der Waals surface area contributed by atoms with Crippen molar-refractivity contribution in [1.29, 1.82) is 0 Å². The number of nitrogens with one attached hydrogen (secondary N) is 1. The summed E-state index contributed by atoms with van der Waals surface area (Å²) in [5.74, 6) is 1.16. The topological polar surface area (TPSA) is 126 Å².